The van der Waals surface area contributed by atoms with E-state index in [1.165, 1.54) is 10.4 Å². The predicted octanol–water partition coefficient (Wildman–Crippen LogP) is 5.17. The third-order valence-corrected chi connectivity index (χ3v) is 6.45. The molecule has 8 heteroatoms. The number of unbranched alkanes of at least 4 members (excludes halogenated alkanes) is 1. The second kappa shape index (κ2) is 9.87. The zero-order chi connectivity index (χ0) is 22.5. The zero-order valence-corrected chi connectivity index (χ0v) is 19.3. The van der Waals surface area contributed by atoms with Gasteiger partial charge in [0.15, 0.2) is 5.82 Å². The summed E-state index contributed by atoms with van der Waals surface area (Å²) in [5.41, 5.74) is 4.34. The molecule has 2 aromatic carbocycles. The molecule has 166 valence electrons. The molecule has 0 fully saturated rings. The summed E-state index contributed by atoms with van der Waals surface area (Å²) in [6.07, 6.45) is 3.99. The van der Waals surface area contributed by atoms with Crippen LogP contribution in [0.3, 0.4) is 0 Å². The molecule has 1 N–H and O–H groups in total. The van der Waals surface area contributed by atoms with Crippen molar-refractivity contribution in [3.8, 4) is 22.5 Å². The first-order valence-corrected chi connectivity index (χ1v) is 12.0. The number of thiophene rings is 1. The fourth-order valence-electron chi connectivity index (χ4n) is 3.88. The number of nitrogens with one attached hydrogen (secondary N) is 1. The van der Waals surface area contributed by atoms with Crippen molar-refractivity contribution in [2.75, 3.05) is 0 Å². The smallest absolute Gasteiger partial charge is 0.205 e. The Balaban J connectivity index is 1.38. The Kier molecular flexibility index (Phi) is 6.34. The second-order valence-electron chi connectivity index (χ2n) is 7.94. The Morgan fingerprint density at radius 2 is 1.82 bits per heavy atom. The molecule has 0 bridgehead atoms. The lowest BCUT2D eigenvalue weighted by Crippen LogP contribution is -2.07. The van der Waals surface area contributed by atoms with Gasteiger partial charge in [0.2, 0.25) is 5.82 Å². The summed E-state index contributed by atoms with van der Waals surface area (Å²) in [6.45, 7) is 2.92. The molecule has 3 aromatic heterocycles. The third-order valence-electron chi connectivity index (χ3n) is 5.57. The van der Waals surface area contributed by atoms with E-state index >= 15 is 0 Å². The predicted molar refractivity (Wildman–Crippen MR) is 130 cm³/mol. The Labute approximate surface area is 196 Å². The largest absolute Gasteiger partial charge is 0.245 e. The van der Waals surface area contributed by atoms with Crippen molar-refractivity contribution in [1.29, 1.82) is 0 Å². The van der Waals surface area contributed by atoms with E-state index in [-0.39, 0.29) is 0 Å². The van der Waals surface area contributed by atoms with Crippen LogP contribution < -0.4 is 0 Å². The van der Waals surface area contributed by atoms with Crippen LogP contribution in [-0.2, 0) is 19.4 Å². The highest BCUT2D eigenvalue weighted by atomic mass is 32.1. The second-order valence-corrected chi connectivity index (χ2v) is 8.97. The molecule has 0 saturated carbocycles. The number of H-pyrrole nitrogens is 1. The van der Waals surface area contributed by atoms with Crippen molar-refractivity contribution >= 4 is 11.3 Å². The number of benzene rings is 2. The number of tetrazole rings is 1. The summed E-state index contributed by atoms with van der Waals surface area (Å²) in [4.78, 5) is 6.15. The van der Waals surface area contributed by atoms with Gasteiger partial charge in [0, 0.05) is 23.3 Å². The van der Waals surface area contributed by atoms with E-state index in [4.69, 9.17) is 10.1 Å². The summed E-state index contributed by atoms with van der Waals surface area (Å²) in [5.74, 6) is 2.56. The minimum Gasteiger partial charge on any atom is -0.245 e. The molecule has 0 atom stereocenters. The maximum atomic E-state index is 4.86. The van der Waals surface area contributed by atoms with Crippen LogP contribution >= 0.6 is 11.3 Å². The summed E-state index contributed by atoms with van der Waals surface area (Å²) in [7, 11) is 0. The van der Waals surface area contributed by atoms with Gasteiger partial charge in [-0.2, -0.15) is 10.3 Å². The standard InChI is InChI=1S/C25H25N7S/c1-2-3-10-24-26-23(16-20-7-6-15-33-20)29-32(24)17-18-11-13-19(14-12-18)21-8-4-5-9-22(21)25-27-30-31-28-25/h4-9,11-15H,2-3,10,16-17H2,1H3,(H,27,28,30,31). The van der Waals surface area contributed by atoms with E-state index in [1.54, 1.807) is 11.3 Å². The normalized spacial score (nSPS) is 11.2. The highest BCUT2D eigenvalue weighted by Gasteiger charge is 2.13. The van der Waals surface area contributed by atoms with E-state index in [9.17, 15) is 0 Å². The van der Waals surface area contributed by atoms with Gasteiger partial charge in [-0.05, 0) is 39.8 Å². The van der Waals surface area contributed by atoms with Crippen LogP contribution in [-0.4, -0.2) is 35.4 Å². The molecule has 5 aromatic rings. The van der Waals surface area contributed by atoms with Crippen molar-refractivity contribution < 1.29 is 0 Å². The molecule has 5 rings (SSSR count). The number of aromatic amines is 1. The van der Waals surface area contributed by atoms with Crippen LogP contribution in [0.25, 0.3) is 22.5 Å². The Bertz CT molecular complexity index is 1290. The fraction of sp³-hybridized carbons (Fsp3) is 0.240. The van der Waals surface area contributed by atoms with Gasteiger partial charge in [0.25, 0.3) is 0 Å². The number of nitrogens with zero attached hydrogens (tertiary/aromatic N) is 6. The molecule has 0 radical (unpaired) electrons. The number of aromatic nitrogens is 7. The highest BCUT2D eigenvalue weighted by Crippen LogP contribution is 2.29. The van der Waals surface area contributed by atoms with E-state index < -0.39 is 0 Å². The third kappa shape index (κ3) is 4.90. The Hall–Kier alpha value is -3.65. The average Bonchev–Trinajstić information content (AvgIpc) is 3.62. The minimum atomic E-state index is 0.594. The quantitative estimate of drug-likeness (QED) is 0.331. The molecule has 0 aliphatic rings. The highest BCUT2D eigenvalue weighted by molar-refractivity contribution is 7.09. The van der Waals surface area contributed by atoms with Crippen molar-refractivity contribution in [2.24, 2.45) is 0 Å². The van der Waals surface area contributed by atoms with Gasteiger partial charge in [0.05, 0.1) is 6.54 Å². The van der Waals surface area contributed by atoms with Crippen LogP contribution in [0.2, 0.25) is 0 Å². The van der Waals surface area contributed by atoms with Gasteiger partial charge in [-0.1, -0.05) is 67.9 Å². The molecule has 0 unspecified atom stereocenters. The molecule has 0 aliphatic heterocycles. The van der Waals surface area contributed by atoms with Gasteiger partial charge in [-0.15, -0.1) is 21.5 Å². The van der Waals surface area contributed by atoms with Gasteiger partial charge in [-0.25, -0.2) is 9.67 Å². The first kappa shape index (κ1) is 21.2. The summed E-state index contributed by atoms with van der Waals surface area (Å²) in [6, 6.07) is 20.9. The fourth-order valence-corrected chi connectivity index (χ4v) is 4.59. The number of hydrogen-bond donors (Lipinski definition) is 1. The molecule has 0 saturated heterocycles. The summed E-state index contributed by atoms with van der Waals surface area (Å²) < 4.78 is 2.07. The molecule has 0 amide bonds. The van der Waals surface area contributed by atoms with Crippen molar-refractivity contribution in [3.05, 3.63) is 88.1 Å². The van der Waals surface area contributed by atoms with E-state index in [2.05, 4.69) is 80.1 Å². The lowest BCUT2D eigenvalue weighted by atomic mass is 9.98. The minimum absolute atomic E-state index is 0.594. The molecule has 33 heavy (non-hydrogen) atoms. The number of rotatable bonds is 9. The van der Waals surface area contributed by atoms with Gasteiger partial charge >= 0.3 is 0 Å². The molecule has 7 nitrogen and oxygen atoms in total. The maximum absolute atomic E-state index is 4.86. The molecule has 0 spiro atoms. The molecule has 0 aliphatic carbocycles. The monoisotopic (exact) mass is 455 g/mol. The first-order valence-electron chi connectivity index (χ1n) is 11.2. The number of hydrogen-bond acceptors (Lipinski definition) is 6. The zero-order valence-electron chi connectivity index (χ0n) is 18.5. The summed E-state index contributed by atoms with van der Waals surface area (Å²) >= 11 is 1.75. The molecule has 3 heterocycles. The Morgan fingerprint density at radius 3 is 2.55 bits per heavy atom. The van der Waals surface area contributed by atoms with Crippen LogP contribution in [0.1, 0.15) is 41.9 Å². The lowest BCUT2D eigenvalue weighted by molar-refractivity contribution is 0.615. The van der Waals surface area contributed by atoms with E-state index in [0.717, 1.165) is 54.0 Å². The van der Waals surface area contributed by atoms with Gasteiger partial charge in [-0.3, -0.25) is 0 Å². The van der Waals surface area contributed by atoms with Crippen LogP contribution in [0.5, 0.6) is 0 Å². The Morgan fingerprint density at radius 1 is 0.970 bits per heavy atom. The van der Waals surface area contributed by atoms with Gasteiger partial charge in [0.1, 0.15) is 5.82 Å². The summed E-state index contributed by atoms with van der Waals surface area (Å²) in [5, 5.41) is 21.5. The van der Waals surface area contributed by atoms with E-state index in [0.29, 0.717) is 12.4 Å². The van der Waals surface area contributed by atoms with Crippen LogP contribution in [0.15, 0.2) is 66.0 Å². The average molecular weight is 456 g/mol. The number of aryl methyl sites for hydroxylation is 1. The van der Waals surface area contributed by atoms with Crippen LogP contribution in [0.4, 0.5) is 0 Å². The first-order chi connectivity index (χ1) is 16.3. The topological polar surface area (TPSA) is 85.2 Å². The SMILES string of the molecule is CCCCc1nc(Cc2cccs2)nn1Cc1ccc(-c2ccccc2-c2nn[nH]n2)cc1. The van der Waals surface area contributed by atoms with E-state index in [1.807, 2.05) is 18.2 Å². The van der Waals surface area contributed by atoms with Crippen molar-refractivity contribution in [2.45, 2.75) is 39.2 Å². The van der Waals surface area contributed by atoms with Crippen LogP contribution in [0, 0.1) is 0 Å². The molecular weight excluding hydrogens is 430 g/mol. The lowest BCUT2D eigenvalue weighted by Gasteiger charge is -2.09. The van der Waals surface area contributed by atoms with Crippen molar-refractivity contribution in [3.63, 3.8) is 0 Å². The molecular formula is C25H25N7S. The van der Waals surface area contributed by atoms with Crippen molar-refractivity contribution in [1.82, 2.24) is 35.4 Å². The maximum Gasteiger partial charge on any atom is 0.205 e. The van der Waals surface area contributed by atoms with Gasteiger partial charge < -0.3 is 0 Å².